The van der Waals surface area contributed by atoms with Crippen molar-refractivity contribution in [2.45, 2.75) is 44.8 Å². The van der Waals surface area contributed by atoms with E-state index < -0.39 is 6.36 Å². The van der Waals surface area contributed by atoms with Crippen molar-refractivity contribution in [2.24, 2.45) is 0 Å². The number of amides is 1. The number of halogens is 3. The highest BCUT2D eigenvalue weighted by atomic mass is 19.4. The molecule has 1 fully saturated rings. The Morgan fingerprint density at radius 1 is 1.24 bits per heavy atom. The lowest BCUT2D eigenvalue weighted by Crippen LogP contribution is -2.47. The maximum atomic E-state index is 13.3. The molecule has 1 aromatic carbocycles. The number of carbonyl (C=O) groups is 1. The second kappa shape index (κ2) is 10.2. The van der Waals surface area contributed by atoms with Crippen molar-refractivity contribution in [3.8, 4) is 5.75 Å². The summed E-state index contributed by atoms with van der Waals surface area (Å²) in [4.78, 5) is 17.4. The summed E-state index contributed by atoms with van der Waals surface area (Å²) >= 11 is 0. The number of nitrogens with zero attached hydrogens (tertiary/aromatic N) is 4. The lowest BCUT2D eigenvalue weighted by Gasteiger charge is -2.32. The maximum Gasteiger partial charge on any atom is 0.573 e. The summed E-state index contributed by atoms with van der Waals surface area (Å²) < 4.78 is 42.9. The molecular formula is C24H30F3N5O2. The van der Waals surface area contributed by atoms with Crippen LogP contribution in [0, 0.1) is 0 Å². The molecule has 0 radical (unpaired) electrons. The van der Waals surface area contributed by atoms with Gasteiger partial charge in [0.05, 0.1) is 6.54 Å². The molecule has 1 unspecified atom stereocenters. The molecule has 2 heterocycles. The van der Waals surface area contributed by atoms with Crippen molar-refractivity contribution < 1.29 is 22.7 Å². The molecule has 7 nitrogen and oxygen atoms in total. The van der Waals surface area contributed by atoms with E-state index in [9.17, 15) is 18.0 Å². The predicted octanol–water partition coefficient (Wildman–Crippen LogP) is 3.00. The topological polar surface area (TPSA) is 62.6 Å². The third kappa shape index (κ3) is 5.79. The molecule has 0 bridgehead atoms. The summed E-state index contributed by atoms with van der Waals surface area (Å²) in [7, 11) is 2.05. The minimum absolute atomic E-state index is 0.0203. The van der Waals surface area contributed by atoms with Gasteiger partial charge in [-0.2, -0.15) is 5.10 Å². The van der Waals surface area contributed by atoms with E-state index in [1.165, 1.54) is 12.1 Å². The molecule has 0 spiro atoms. The summed E-state index contributed by atoms with van der Waals surface area (Å²) in [5.74, 6) is -0.256. The first-order valence-corrected chi connectivity index (χ1v) is 11.5. The predicted molar refractivity (Wildman–Crippen MR) is 122 cm³/mol. The molecule has 2 aromatic rings. The normalized spacial score (nSPS) is 19.1. The number of benzene rings is 1. The number of rotatable bonds is 7. The zero-order valence-corrected chi connectivity index (χ0v) is 19.3. The fourth-order valence-corrected chi connectivity index (χ4v) is 4.54. The highest BCUT2D eigenvalue weighted by Gasteiger charge is 2.32. The monoisotopic (exact) mass is 477 g/mol. The number of allylic oxidation sites excluding steroid dienone is 1. The molecule has 4 rings (SSSR count). The zero-order chi connectivity index (χ0) is 24.3. The molecule has 1 N–H and O–H groups in total. The van der Waals surface area contributed by atoms with Gasteiger partial charge in [-0.15, -0.1) is 19.8 Å². The van der Waals surface area contributed by atoms with Gasteiger partial charge < -0.3 is 19.9 Å². The van der Waals surface area contributed by atoms with E-state index in [-0.39, 0.29) is 17.7 Å². The van der Waals surface area contributed by atoms with Gasteiger partial charge in [-0.1, -0.05) is 18.2 Å². The maximum absolute atomic E-state index is 13.3. The average molecular weight is 478 g/mol. The van der Waals surface area contributed by atoms with Gasteiger partial charge in [0, 0.05) is 50.0 Å². The van der Waals surface area contributed by atoms with E-state index in [1.807, 2.05) is 9.58 Å². The van der Waals surface area contributed by atoms with Gasteiger partial charge >= 0.3 is 6.36 Å². The molecule has 1 aliphatic heterocycles. The molecule has 1 atom stereocenters. The van der Waals surface area contributed by atoms with E-state index in [0.29, 0.717) is 38.3 Å². The second-order valence-electron chi connectivity index (χ2n) is 8.85. The van der Waals surface area contributed by atoms with E-state index in [1.54, 1.807) is 18.2 Å². The molecule has 1 aliphatic carbocycles. The Hall–Kier alpha value is -2.85. The SMILES string of the molecule is C=CCn1nc(C(=O)N2CCN(C)CC2)c2c1CCC(NCc1ccc(OC(F)(F)F)cc1)C2. The van der Waals surface area contributed by atoms with Crippen LogP contribution in [0.2, 0.25) is 0 Å². The average Bonchev–Trinajstić information content (AvgIpc) is 3.15. The first-order valence-electron chi connectivity index (χ1n) is 11.5. The molecule has 2 aliphatic rings. The first-order chi connectivity index (χ1) is 16.2. The third-order valence-corrected chi connectivity index (χ3v) is 6.39. The number of carbonyl (C=O) groups excluding carboxylic acids is 1. The smallest absolute Gasteiger partial charge is 0.406 e. The van der Waals surface area contributed by atoms with Crippen LogP contribution < -0.4 is 10.1 Å². The van der Waals surface area contributed by atoms with Crippen LogP contribution in [0.5, 0.6) is 5.75 Å². The van der Waals surface area contributed by atoms with Crippen molar-refractivity contribution >= 4 is 5.91 Å². The van der Waals surface area contributed by atoms with Gasteiger partial charge in [0.1, 0.15) is 5.75 Å². The van der Waals surface area contributed by atoms with Crippen LogP contribution in [-0.4, -0.2) is 71.1 Å². The number of likely N-dealkylation sites (N-methyl/N-ethyl adjacent to an activating group) is 1. The first kappa shape index (κ1) is 24.3. The largest absolute Gasteiger partial charge is 0.573 e. The van der Waals surface area contributed by atoms with Gasteiger partial charge in [0.2, 0.25) is 0 Å². The molecule has 0 saturated carbocycles. The molecule has 1 aromatic heterocycles. The van der Waals surface area contributed by atoms with Gasteiger partial charge in [-0.05, 0) is 44.0 Å². The summed E-state index contributed by atoms with van der Waals surface area (Å²) in [6.45, 7) is 7.95. The standard InChI is InChI=1S/C24H30F3N5O2/c1-3-10-32-21-9-6-18(28-16-17-4-7-19(8-5-17)34-24(25,26)27)15-20(21)22(29-32)23(33)31-13-11-30(2)12-14-31/h3-5,7-8,18,28H,1,6,9-16H2,2H3. The number of ether oxygens (including phenoxy) is 1. The van der Waals surface area contributed by atoms with Gasteiger partial charge in [-0.3, -0.25) is 9.48 Å². The number of fused-ring (bicyclic) bond motifs is 1. The number of nitrogens with one attached hydrogen (secondary N) is 1. The highest BCUT2D eigenvalue weighted by molar-refractivity contribution is 5.94. The van der Waals surface area contributed by atoms with Crippen LogP contribution in [0.15, 0.2) is 36.9 Å². The van der Waals surface area contributed by atoms with E-state index in [4.69, 9.17) is 0 Å². The van der Waals surface area contributed by atoms with Crippen molar-refractivity contribution in [1.82, 2.24) is 24.9 Å². The minimum Gasteiger partial charge on any atom is -0.406 e. The Kier molecular flexibility index (Phi) is 7.27. The lowest BCUT2D eigenvalue weighted by molar-refractivity contribution is -0.274. The number of aromatic nitrogens is 2. The van der Waals surface area contributed by atoms with Crippen LogP contribution in [0.4, 0.5) is 13.2 Å². The Labute approximate surface area is 197 Å². The minimum atomic E-state index is -4.70. The zero-order valence-electron chi connectivity index (χ0n) is 19.3. The van der Waals surface area contributed by atoms with Crippen molar-refractivity contribution in [2.75, 3.05) is 33.2 Å². The van der Waals surface area contributed by atoms with E-state index in [0.717, 1.165) is 42.8 Å². The van der Waals surface area contributed by atoms with Crippen molar-refractivity contribution in [3.63, 3.8) is 0 Å². The Bertz CT molecular complexity index is 1010. The van der Waals surface area contributed by atoms with Crippen LogP contribution >= 0.6 is 0 Å². The van der Waals surface area contributed by atoms with Gasteiger partial charge in [-0.25, -0.2) is 0 Å². The van der Waals surface area contributed by atoms with Crippen molar-refractivity contribution in [3.05, 3.63) is 59.4 Å². The molecular weight excluding hydrogens is 447 g/mol. The summed E-state index contributed by atoms with van der Waals surface area (Å²) in [5, 5.41) is 8.16. The quantitative estimate of drug-likeness (QED) is 0.622. The molecule has 10 heteroatoms. The van der Waals surface area contributed by atoms with Crippen LogP contribution in [0.25, 0.3) is 0 Å². The number of piperazine rings is 1. The summed E-state index contributed by atoms with van der Waals surface area (Å²) in [6.07, 6.45) is -0.561. The van der Waals surface area contributed by atoms with Gasteiger partial charge in [0.25, 0.3) is 5.91 Å². The Morgan fingerprint density at radius 3 is 2.59 bits per heavy atom. The Morgan fingerprint density at radius 2 is 1.94 bits per heavy atom. The fourth-order valence-electron chi connectivity index (χ4n) is 4.54. The van der Waals surface area contributed by atoms with E-state index >= 15 is 0 Å². The second-order valence-corrected chi connectivity index (χ2v) is 8.85. The number of hydrogen-bond donors (Lipinski definition) is 1. The molecule has 34 heavy (non-hydrogen) atoms. The van der Waals surface area contributed by atoms with Crippen molar-refractivity contribution in [1.29, 1.82) is 0 Å². The van der Waals surface area contributed by atoms with Crippen LogP contribution in [0.1, 0.15) is 33.7 Å². The van der Waals surface area contributed by atoms with Gasteiger partial charge in [0.15, 0.2) is 5.69 Å². The molecule has 1 amide bonds. The number of alkyl halides is 3. The summed E-state index contributed by atoms with van der Waals surface area (Å²) in [5.41, 5.74) is 3.46. The summed E-state index contributed by atoms with van der Waals surface area (Å²) in [6, 6.07) is 6.00. The fraction of sp³-hybridized carbons (Fsp3) is 0.500. The van der Waals surface area contributed by atoms with Crippen LogP contribution in [0.3, 0.4) is 0 Å². The third-order valence-electron chi connectivity index (χ3n) is 6.39. The lowest BCUT2D eigenvalue weighted by atomic mass is 9.90. The van der Waals surface area contributed by atoms with Crippen LogP contribution in [-0.2, 0) is 25.9 Å². The molecule has 1 saturated heterocycles. The highest BCUT2D eigenvalue weighted by Crippen LogP contribution is 2.27. The molecule has 184 valence electrons. The van der Waals surface area contributed by atoms with E-state index in [2.05, 4.69) is 33.7 Å². The number of hydrogen-bond acceptors (Lipinski definition) is 5. The Balaban J connectivity index is 1.43.